The normalized spacial score (nSPS) is 31.8. The summed E-state index contributed by atoms with van der Waals surface area (Å²) in [6, 6.07) is -0.444. The largest absolute Gasteiger partial charge is 0.342 e. The molecular formula is C16H26N2O2. The fourth-order valence-electron chi connectivity index (χ4n) is 3.78. The van der Waals surface area contributed by atoms with Crippen molar-refractivity contribution in [2.75, 3.05) is 6.54 Å². The molecule has 0 aromatic heterocycles. The zero-order valence-electron chi connectivity index (χ0n) is 12.4. The molecule has 112 valence electrons. The van der Waals surface area contributed by atoms with E-state index in [0.29, 0.717) is 11.8 Å². The van der Waals surface area contributed by atoms with Crippen LogP contribution in [0.4, 0.5) is 0 Å². The standard InChI is InChI=1S/C16H26N2O2/c1-2-5-13-15(19)17-14(12-8-9-12)16(20)18(13)10-11-6-3-4-7-11/h11-14H,2-10H2,1H3,(H,17,19). The zero-order chi connectivity index (χ0) is 14.1. The molecule has 4 nitrogen and oxygen atoms in total. The van der Waals surface area contributed by atoms with Gasteiger partial charge in [0.25, 0.3) is 0 Å². The second-order valence-electron chi connectivity index (χ2n) is 6.77. The van der Waals surface area contributed by atoms with Crippen molar-refractivity contribution in [2.24, 2.45) is 11.8 Å². The van der Waals surface area contributed by atoms with Gasteiger partial charge in [-0.3, -0.25) is 9.59 Å². The monoisotopic (exact) mass is 278 g/mol. The lowest BCUT2D eigenvalue weighted by Gasteiger charge is -2.40. The third-order valence-electron chi connectivity index (χ3n) is 5.11. The molecule has 2 aliphatic carbocycles. The first-order chi connectivity index (χ1) is 9.70. The van der Waals surface area contributed by atoms with Gasteiger partial charge in [0, 0.05) is 6.54 Å². The van der Waals surface area contributed by atoms with Crippen LogP contribution in [-0.2, 0) is 9.59 Å². The molecule has 4 heteroatoms. The Hall–Kier alpha value is -1.06. The van der Waals surface area contributed by atoms with Crippen LogP contribution in [-0.4, -0.2) is 35.3 Å². The van der Waals surface area contributed by atoms with Crippen molar-refractivity contribution in [2.45, 2.75) is 70.4 Å². The molecule has 0 radical (unpaired) electrons. The Labute approximate surface area is 121 Å². The lowest BCUT2D eigenvalue weighted by atomic mass is 9.97. The molecule has 0 bridgehead atoms. The number of nitrogens with one attached hydrogen (secondary N) is 1. The van der Waals surface area contributed by atoms with Gasteiger partial charge in [0.2, 0.25) is 11.8 Å². The summed E-state index contributed by atoms with van der Waals surface area (Å²) in [5.41, 5.74) is 0. The van der Waals surface area contributed by atoms with E-state index in [2.05, 4.69) is 12.2 Å². The van der Waals surface area contributed by atoms with Gasteiger partial charge in [-0.05, 0) is 43.9 Å². The third kappa shape index (κ3) is 2.70. The number of nitrogens with zero attached hydrogens (tertiary/aromatic N) is 1. The lowest BCUT2D eigenvalue weighted by molar-refractivity contribution is -0.151. The predicted molar refractivity (Wildman–Crippen MR) is 77.0 cm³/mol. The number of rotatable bonds is 5. The molecule has 2 saturated carbocycles. The maximum absolute atomic E-state index is 12.7. The number of amides is 2. The Bertz CT molecular complexity index is 386. The Morgan fingerprint density at radius 1 is 1.15 bits per heavy atom. The fourth-order valence-corrected chi connectivity index (χ4v) is 3.78. The molecule has 2 amide bonds. The number of hydrogen-bond donors (Lipinski definition) is 1. The molecule has 1 heterocycles. The number of hydrogen-bond acceptors (Lipinski definition) is 2. The molecule has 2 unspecified atom stereocenters. The Balaban J connectivity index is 1.74. The van der Waals surface area contributed by atoms with Crippen molar-refractivity contribution >= 4 is 11.8 Å². The lowest BCUT2D eigenvalue weighted by Crippen LogP contribution is -2.64. The van der Waals surface area contributed by atoms with Gasteiger partial charge in [0.05, 0.1) is 0 Å². The zero-order valence-corrected chi connectivity index (χ0v) is 12.4. The predicted octanol–water partition coefficient (Wildman–Crippen LogP) is 2.08. The number of piperazine rings is 1. The molecule has 20 heavy (non-hydrogen) atoms. The van der Waals surface area contributed by atoms with E-state index in [1.54, 1.807) is 0 Å². The van der Waals surface area contributed by atoms with Crippen molar-refractivity contribution in [3.63, 3.8) is 0 Å². The topological polar surface area (TPSA) is 49.4 Å². The quantitative estimate of drug-likeness (QED) is 0.837. The summed E-state index contributed by atoms with van der Waals surface area (Å²) < 4.78 is 0. The Morgan fingerprint density at radius 2 is 1.85 bits per heavy atom. The molecule has 1 N–H and O–H groups in total. The van der Waals surface area contributed by atoms with Crippen LogP contribution in [0.1, 0.15) is 58.3 Å². The van der Waals surface area contributed by atoms with E-state index in [1.807, 2.05) is 4.90 Å². The first kappa shape index (κ1) is 13.9. The van der Waals surface area contributed by atoms with Crippen LogP contribution in [0.2, 0.25) is 0 Å². The molecule has 1 saturated heterocycles. The SMILES string of the molecule is CCCC1C(=O)NC(C2CC2)C(=O)N1CC1CCCC1. The van der Waals surface area contributed by atoms with E-state index < -0.39 is 0 Å². The van der Waals surface area contributed by atoms with E-state index >= 15 is 0 Å². The second-order valence-corrected chi connectivity index (χ2v) is 6.77. The van der Waals surface area contributed by atoms with Crippen LogP contribution < -0.4 is 5.32 Å². The minimum absolute atomic E-state index is 0.0846. The van der Waals surface area contributed by atoms with E-state index in [0.717, 1.165) is 32.2 Å². The average molecular weight is 278 g/mol. The van der Waals surface area contributed by atoms with Gasteiger partial charge in [-0.15, -0.1) is 0 Å². The third-order valence-corrected chi connectivity index (χ3v) is 5.11. The van der Waals surface area contributed by atoms with Crippen LogP contribution in [0.3, 0.4) is 0 Å². The molecule has 3 fully saturated rings. The van der Waals surface area contributed by atoms with Gasteiger partial charge >= 0.3 is 0 Å². The van der Waals surface area contributed by atoms with Crippen molar-refractivity contribution in [1.29, 1.82) is 0 Å². The Kier molecular flexibility index (Phi) is 3.99. The highest BCUT2D eigenvalue weighted by Gasteiger charge is 2.46. The molecule has 0 aromatic rings. The van der Waals surface area contributed by atoms with Gasteiger partial charge in [0.1, 0.15) is 12.1 Å². The highest BCUT2D eigenvalue weighted by molar-refractivity contribution is 5.97. The molecule has 0 aromatic carbocycles. The number of carbonyl (C=O) groups is 2. The Morgan fingerprint density at radius 3 is 2.45 bits per heavy atom. The highest BCUT2D eigenvalue weighted by atomic mass is 16.2. The number of carbonyl (C=O) groups excluding carboxylic acids is 2. The van der Waals surface area contributed by atoms with E-state index in [-0.39, 0.29) is 23.9 Å². The summed E-state index contributed by atoms with van der Waals surface area (Å²) >= 11 is 0. The first-order valence-electron chi connectivity index (χ1n) is 8.31. The molecule has 3 aliphatic rings. The first-order valence-corrected chi connectivity index (χ1v) is 8.31. The molecule has 2 atom stereocenters. The van der Waals surface area contributed by atoms with Gasteiger partial charge < -0.3 is 10.2 Å². The van der Waals surface area contributed by atoms with Crippen molar-refractivity contribution in [3.05, 3.63) is 0 Å². The minimum atomic E-state index is -0.225. The van der Waals surface area contributed by atoms with Crippen LogP contribution in [0.25, 0.3) is 0 Å². The fraction of sp³-hybridized carbons (Fsp3) is 0.875. The van der Waals surface area contributed by atoms with Gasteiger partial charge in [-0.2, -0.15) is 0 Å². The van der Waals surface area contributed by atoms with Crippen molar-refractivity contribution in [1.82, 2.24) is 10.2 Å². The van der Waals surface area contributed by atoms with Gasteiger partial charge in [-0.25, -0.2) is 0 Å². The molecule has 1 aliphatic heterocycles. The van der Waals surface area contributed by atoms with Crippen LogP contribution >= 0.6 is 0 Å². The second kappa shape index (κ2) is 5.74. The van der Waals surface area contributed by atoms with Crippen molar-refractivity contribution < 1.29 is 9.59 Å². The van der Waals surface area contributed by atoms with Crippen LogP contribution in [0.15, 0.2) is 0 Å². The maximum atomic E-state index is 12.7. The molecule has 0 spiro atoms. The van der Waals surface area contributed by atoms with E-state index in [9.17, 15) is 9.59 Å². The summed E-state index contributed by atoms with van der Waals surface area (Å²) in [7, 11) is 0. The highest BCUT2D eigenvalue weighted by Crippen LogP contribution is 2.36. The van der Waals surface area contributed by atoms with Gasteiger partial charge in [-0.1, -0.05) is 26.2 Å². The minimum Gasteiger partial charge on any atom is -0.342 e. The van der Waals surface area contributed by atoms with Gasteiger partial charge in [0.15, 0.2) is 0 Å². The summed E-state index contributed by atoms with van der Waals surface area (Å²) in [6.07, 6.45) is 8.92. The van der Waals surface area contributed by atoms with E-state index in [1.165, 1.54) is 25.7 Å². The van der Waals surface area contributed by atoms with Crippen LogP contribution in [0, 0.1) is 11.8 Å². The van der Waals surface area contributed by atoms with E-state index in [4.69, 9.17) is 0 Å². The maximum Gasteiger partial charge on any atom is 0.246 e. The molecule has 3 rings (SSSR count). The smallest absolute Gasteiger partial charge is 0.246 e. The summed E-state index contributed by atoms with van der Waals surface area (Å²) in [5.74, 6) is 1.29. The average Bonchev–Trinajstić information content (AvgIpc) is 3.15. The summed E-state index contributed by atoms with van der Waals surface area (Å²) in [4.78, 5) is 27.0. The summed E-state index contributed by atoms with van der Waals surface area (Å²) in [5, 5.41) is 2.99. The van der Waals surface area contributed by atoms with Crippen molar-refractivity contribution in [3.8, 4) is 0 Å². The van der Waals surface area contributed by atoms with Crippen LogP contribution in [0.5, 0.6) is 0 Å². The summed E-state index contributed by atoms with van der Waals surface area (Å²) in [6.45, 7) is 2.89. The molecular weight excluding hydrogens is 252 g/mol.